The van der Waals surface area contributed by atoms with E-state index in [2.05, 4.69) is 45.1 Å². The van der Waals surface area contributed by atoms with Gasteiger partial charge in [0.05, 0.1) is 0 Å². The molecule has 1 atom stereocenters. The predicted molar refractivity (Wildman–Crippen MR) is 363 cm³/mol. The van der Waals surface area contributed by atoms with E-state index in [1.54, 1.807) is 0 Å². The molecule has 6 heteroatoms. The lowest BCUT2D eigenvalue weighted by molar-refractivity contribution is -0.167. The highest BCUT2D eigenvalue weighted by atomic mass is 16.6. The first-order chi connectivity index (χ1) is 41.0. The second-order valence-corrected chi connectivity index (χ2v) is 25.9. The first kappa shape index (κ1) is 80.9. The van der Waals surface area contributed by atoms with Crippen LogP contribution in [-0.4, -0.2) is 37.2 Å². The van der Waals surface area contributed by atoms with Gasteiger partial charge in [0.15, 0.2) is 6.10 Å². The fourth-order valence-corrected chi connectivity index (χ4v) is 11.8. The van der Waals surface area contributed by atoms with Crippen LogP contribution in [0.1, 0.15) is 432 Å². The molecule has 0 aliphatic rings. The first-order valence-corrected chi connectivity index (χ1v) is 37.8. The first-order valence-electron chi connectivity index (χ1n) is 37.8. The molecule has 0 amide bonds. The van der Waals surface area contributed by atoms with Crippen LogP contribution in [0.3, 0.4) is 0 Å². The second-order valence-electron chi connectivity index (χ2n) is 25.9. The van der Waals surface area contributed by atoms with Crippen molar-refractivity contribution in [1.82, 2.24) is 0 Å². The summed E-state index contributed by atoms with van der Waals surface area (Å²) in [7, 11) is 0. The number of allylic oxidation sites excluding steroid dienone is 4. The van der Waals surface area contributed by atoms with E-state index in [0.717, 1.165) is 64.2 Å². The number of ether oxygens (including phenoxy) is 3. The maximum absolute atomic E-state index is 13.0. The van der Waals surface area contributed by atoms with Gasteiger partial charge in [-0.1, -0.05) is 385 Å². The summed E-state index contributed by atoms with van der Waals surface area (Å²) in [5.74, 6) is -0.823. The molecule has 1 unspecified atom stereocenters. The molecule has 0 saturated carbocycles. The van der Waals surface area contributed by atoms with Crippen molar-refractivity contribution in [3.63, 3.8) is 0 Å². The molecule has 0 saturated heterocycles. The Balaban J connectivity index is 4.17. The van der Waals surface area contributed by atoms with Crippen LogP contribution in [0, 0.1) is 0 Å². The summed E-state index contributed by atoms with van der Waals surface area (Å²) in [4.78, 5) is 38.5. The Hall–Kier alpha value is -2.11. The van der Waals surface area contributed by atoms with Crippen molar-refractivity contribution in [1.29, 1.82) is 0 Å². The molecule has 0 aromatic carbocycles. The van der Waals surface area contributed by atoms with E-state index in [1.807, 2.05) is 0 Å². The Morgan fingerprint density at radius 1 is 0.241 bits per heavy atom. The third kappa shape index (κ3) is 70.5. The Kier molecular flexibility index (Phi) is 70.5. The van der Waals surface area contributed by atoms with Gasteiger partial charge in [0.2, 0.25) is 0 Å². The average Bonchev–Trinajstić information content (AvgIpc) is 3.49. The molecular weight excluding hydrogens is 1020 g/mol. The smallest absolute Gasteiger partial charge is 0.306 e. The van der Waals surface area contributed by atoms with Crippen molar-refractivity contribution < 1.29 is 28.6 Å². The van der Waals surface area contributed by atoms with Gasteiger partial charge in [-0.25, -0.2) is 0 Å². The van der Waals surface area contributed by atoms with Crippen molar-refractivity contribution in [3.8, 4) is 0 Å². The van der Waals surface area contributed by atoms with Gasteiger partial charge in [0.25, 0.3) is 0 Å². The highest BCUT2D eigenvalue weighted by Gasteiger charge is 2.20. The summed E-state index contributed by atoms with van der Waals surface area (Å²) >= 11 is 0. The van der Waals surface area contributed by atoms with E-state index < -0.39 is 6.10 Å². The monoisotopic (exact) mass is 1170 g/mol. The molecule has 0 fully saturated rings. The van der Waals surface area contributed by atoms with Crippen molar-refractivity contribution in [2.24, 2.45) is 0 Å². The zero-order valence-corrected chi connectivity index (χ0v) is 56.5. The standard InChI is InChI=1S/C77H146O6/c1-4-7-10-13-16-19-22-25-28-31-33-34-35-36-37-38-39-40-41-42-43-44-45-47-49-52-55-58-61-64-67-70-76(79)82-73-74(72-81-75(78)69-66-63-60-57-54-51-48-30-27-24-21-18-15-12-9-6-3)83-77(80)71-68-65-62-59-56-53-50-46-32-29-26-23-20-17-14-11-8-5-2/h22,25,31,33,74H,4-21,23-24,26-30,32,34-73H2,1-3H3/b25-22-,33-31-. The topological polar surface area (TPSA) is 78.9 Å². The van der Waals surface area contributed by atoms with Crippen molar-refractivity contribution >= 4 is 17.9 Å². The predicted octanol–water partition coefficient (Wildman–Crippen LogP) is 26.1. The normalized spacial score (nSPS) is 12.1. The molecular formula is C77H146O6. The van der Waals surface area contributed by atoms with Gasteiger partial charge in [0.1, 0.15) is 13.2 Å². The third-order valence-electron chi connectivity index (χ3n) is 17.5. The van der Waals surface area contributed by atoms with Crippen LogP contribution in [0.5, 0.6) is 0 Å². The molecule has 490 valence electrons. The van der Waals surface area contributed by atoms with E-state index in [0.29, 0.717) is 19.3 Å². The zero-order chi connectivity index (χ0) is 59.9. The molecule has 0 rings (SSSR count). The summed E-state index contributed by atoms with van der Waals surface area (Å²) in [5, 5.41) is 0. The number of carbonyl (C=O) groups excluding carboxylic acids is 3. The number of carbonyl (C=O) groups is 3. The lowest BCUT2D eigenvalue weighted by atomic mass is 10.0. The summed E-state index contributed by atoms with van der Waals surface area (Å²) in [6.07, 6.45) is 89.4. The van der Waals surface area contributed by atoms with Crippen molar-refractivity contribution in [2.45, 2.75) is 438 Å². The molecule has 0 aliphatic heterocycles. The van der Waals surface area contributed by atoms with Crippen molar-refractivity contribution in [3.05, 3.63) is 24.3 Å². The summed E-state index contributed by atoms with van der Waals surface area (Å²) in [6, 6.07) is 0. The maximum atomic E-state index is 13.0. The molecule has 6 nitrogen and oxygen atoms in total. The van der Waals surface area contributed by atoms with E-state index in [4.69, 9.17) is 14.2 Å². The molecule has 0 spiro atoms. The summed E-state index contributed by atoms with van der Waals surface area (Å²) < 4.78 is 17.0. The summed E-state index contributed by atoms with van der Waals surface area (Å²) in [5.41, 5.74) is 0. The highest BCUT2D eigenvalue weighted by molar-refractivity contribution is 5.71. The zero-order valence-electron chi connectivity index (χ0n) is 56.5. The summed E-state index contributed by atoms with van der Waals surface area (Å²) in [6.45, 7) is 6.73. The molecule has 0 radical (unpaired) electrons. The van der Waals surface area contributed by atoms with E-state index >= 15 is 0 Å². The number of unbranched alkanes of at least 4 members (excludes halogenated alkanes) is 56. The molecule has 0 aromatic heterocycles. The van der Waals surface area contributed by atoms with Gasteiger partial charge >= 0.3 is 17.9 Å². The lowest BCUT2D eigenvalue weighted by Crippen LogP contribution is -2.30. The van der Waals surface area contributed by atoms with Gasteiger partial charge in [-0.15, -0.1) is 0 Å². The van der Waals surface area contributed by atoms with Crippen LogP contribution in [0.25, 0.3) is 0 Å². The minimum atomic E-state index is -0.766. The van der Waals surface area contributed by atoms with Crippen LogP contribution in [-0.2, 0) is 28.6 Å². The Bertz CT molecular complexity index is 1340. The Labute approximate surface area is 519 Å². The SMILES string of the molecule is CCCCCCC/C=C\C/C=C\CCCCCCCCCCCCCCCCCCCCCC(=O)OCC(COC(=O)CCCCCCCCCCCCCCCCCC)OC(=O)CCCCCCCCCCCCCCCCCCCC. The fraction of sp³-hybridized carbons (Fsp3) is 0.909. The third-order valence-corrected chi connectivity index (χ3v) is 17.5. The number of hydrogen-bond acceptors (Lipinski definition) is 6. The number of rotatable bonds is 71. The minimum Gasteiger partial charge on any atom is -0.462 e. The van der Waals surface area contributed by atoms with Crippen LogP contribution in [0.15, 0.2) is 24.3 Å². The highest BCUT2D eigenvalue weighted by Crippen LogP contribution is 2.19. The molecule has 83 heavy (non-hydrogen) atoms. The minimum absolute atomic E-state index is 0.0624. The van der Waals surface area contributed by atoms with Crippen molar-refractivity contribution in [2.75, 3.05) is 13.2 Å². The Morgan fingerprint density at radius 3 is 0.663 bits per heavy atom. The van der Waals surface area contributed by atoms with Gasteiger partial charge < -0.3 is 14.2 Å². The van der Waals surface area contributed by atoms with Crippen LogP contribution in [0.2, 0.25) is 0 Å². The maximum Gasteiger partial charge on any atom is 0.306 e. The largest absolute Gasteiger partial charge is 0.462 e. The molecule has 0 bridgehead atoms. The average molecular weight is 1170 g/mol. The second kappa shape index (κ2) is 72.4. The van der Waals surface area contributed by atoms with E-state index in [9.17, 15) is 14.4 Å². The number of esters is 3. The lowest BCUT2D eigenvalue weighted by Gasteiger charge is -2.18. The van der Waals surface area contributed by atoms with Gasteiger partial charge in [-0.2, -0.15) is 0 Å². The van der Waals surface area contributed by atoms with Crippen LogP contribution >= 0.6 is 0 Å². The number of hydrogen-bond donors (Lipinski definition) is 0. The molecule has 0 aliphatic carbocycles. The van der Waals surface area contributed by atoms with E-state index in [-0.39, 0.29) is 31.1 Å². The van der Waals surface area contributed by atoms with Gasteiger partial charge in [-0.05, 0) is 51.4 Å². The Morgan fingerprint density at radius 2 is 0.434 bits per heavy atom. The van der Waals surface area contributed by atoms with Crippen LogP contribution in [0.4, 0.5) is 0 Å². The molecule has 0 N–H and O–H groups in total. The van der Waals surface area contributed by atoms with Crippen LogP contribution < -0.4 is 0 Å². The van der Waals surface area contributed by atoms with E-state index in [1.165, 1.54) is 327 Å². The molecule has 0 aromatic rings. The quantitative estimate of drug-likeness (QED) is 0.0261. The molecule has 0 heterocycles. The van der Waals surface area contributed by atoms with Gasteiger partial charge in [0, 0.05) is 19.3 Å². The fourth-order valence-electron chi connectivity index (χ4n) is 11.8. The van der Waals surface area contributed by atoms with Gasteiger partial charge in [-0.3, -0.25) is 14.4 Å².